The second kappa shape index (κ2) is 8.05. The Labute approximate surface area is 170 Å². The Morgan fingerprint density at radius 3 is 2.48 bits per heavy atom. The van der Waals surface area contributed by atoms with E-state index in [1.807, 2.05) is 27.7 Å². The number of carbonyl (C=O) groups is 1. The van der Waals surface area contributed by atoms with Gasteiger partial charge in [0.2, 0.25) is 0 Å². The highest BCUT2D eigenvalue weighted by Gasteiger charge is 2.53. The molecule has 3 rings (SSSR count). The Bertz CT molecular complexity index is 793. The summed E-state index contributed by atoms with van der Waals surface area (Å²) in [6, 6.07) is 1.53. The van der Waals surface area contributed by atoms with Crippen molar-refractivity contribution < 1.29 is 28.0 Å². The van der Waals surface area contributed by atoms with E-state index in [1.165, 1.54) is 13.2 Å². The minimum Gasteiger partial charge on any atom is -0.465 e. The highest BCUT2D eigenvalue weighted by atomic mass is 19.1. The van der Waals surface area contributed by atoms with E-state index >= 15 is 4.39 Å². The molecule has 9 heteroatoms. The van der Waals surface area contributed by atoms with E-state index in [0.29, 0.717) is 12.3 Å². The number of esters is 1. The van der Waals surface area contributed by atoms with E-state index in [-0.39, 0.29) is 22.8 Å². The molecule has 2 saturated heterocycles. The minimum absolute atomic E-state index is 0.0768. The maximum absolute atomic E-state index is 15.4. The first-order valence-electron chi connectivity index (χ1n) is 9.80. The Balaban J connectivity index is 2.09. The lowest BCUT2D eigenvalue weighted by atomic mass is 9.76. The van der Waals surface area contributed by atoms with Gasteiger partial charge in [-0.15, -0.1) is 0 Å². The fourth-order valence-corrected chi connectivity index (χ4v) is 3.43. The van der Waals surface area contributed by atoms with Gasteiger partial charge in [-0.05, 0) is 53.0 Å². The summed E-state index contributed by atoms with van der Waals surface area (Å²) in [6.45, 7) is 8.09. The van der Waals surface area contributed by atoms with Crippen LogP contribution in [0.15, 0.2) is 6.07 Å². The van der Waals surface area contributed by atoms with Crippen LogP contribution in [-0.4, -0.2) is 50.4 Å². The predicted molar refractivity (Wildman–Crippen MR) is 109 cm³/mol. The molecule has 2 aliphatic heterocycles. The smallest absolute Gasteiger partial charge is 0.465 e. The highest BCUT2D eigenvalue weighted by molar-refractivity contribution is 6.62. The number of halogens is 1. The second-order valence-electron chi connectivity index (χ2n) is 8.34. The number of methoxy groups -OCH3 is 1. The quantitative estimate of drug-likeness (QED) is 0.444. The summed E-state index contributed by atoms with van der Waals surface area (Å²) < 4.78 is 37.9. The lowest BCUT2D eigenvalue weighted by Gasteiger charge is -2.32. The van der Waals surface area contributed by atoms with Gasteiger partial charge < -0.3 is 29.5 Å². The van der Waals surface area contributed by atoms with Gasteiger partial charge in [0.05, 0.1) is 18.3 Å². The van der Waals surface area contributed by atoms with Gasteiger partial charge in [-0.3, -0.25) is 0 Å². The number of ether oxygens (including phenoxy) is 2. The second-order valence-corrected chi connectivity index (χ2v) is 8.34. The fraction of sp³-hybridized carbons (Fsp3) is 0.600. The number of carbonyl (C=O) groups excluding carboxylic acids is 1. The number of benzene rings is 1. The van der Waals surface area contributed by atoms with Gasteiger partial charge in [0.1, 0.15) is 17.6 Å². The fourth-order valence-electron chi connectivity index (χ4n) is 3.43. The molecular formula is C20H28BFN2O5. The third-order valence-electron chi connectivity index (χ3n) is 5.87. The molecule has 0 saturated carbocycles. The summed E-state index contributed by atoms with van der Waals surface area (Å²) in [5, 5.41) is 11.0. The Morgan fingerprint density at radius 2 is 1.97 bits per heavy atom. The summed E-state index contributed by atoms with van der Waals surface area (Å²) in [6.07, 6.45) is 3.39. The Morgan fingerprint density at radius 1 is 1.31 bits per heavy atom. The summed E-state index contributed by atoms with van der Waals surface area (Å²) in [4.78, 5) is 12.4. The summed E-state index contributed by atoms with van der Waals surface area (Å²) in [7, 11) is 0.171. The van der Waals surface area contributed by atoms with Crippen molar-refractivity contribution in [3.8, 4) is 0 Å². The average molecular weight is 406 g/mol. The van der Waals surface area contributed by atoms with E-state index in [4.69, 9.17) is 24.2 Å². The van der Waals surface area contributed by atoms with Gasteiger partial charge in [0.15, 0.2) is 0 Å². The molecule has 158 valence electrons. The van der Waals surface area contributed by atoms with Gasteiger partial charge in [0, 0.05) is 29.5 Å². The number of anilines is 1. The summed E-state index contributed by atoms with van der Waals surface area (Å²) in [5.41, 5.74) is -1.09. The summed E-state index contributed by atoms with van der Waals surface area (Å²) >= 11 is 0. The number of rotatable bonds is 5. The lowest BCUT2D eigenvalue weighted by molar-refractivity contribution is 0.00578. The molecule has 2 heterocycles. The number of nitrogens with one attached hydrogen (secondary N) is 2. The van der Waals surface area contributed by atoms with Crippen LogP contribution >= 0.6 is 0 Å². The SMILES string of the molecule is COC(=O)c1c(F)c(B2OC(C)(C)C(C)(C)O2)cc(NC2CCCCO2)c1C=N. The van der Waals surface area contributed by atoms with Gasteiger partial charge >= 0.3 is 13.1 Å². The number of hydrogen-bond acceptors (Lipinski definition) is 7. The molecule has 0 bridgehead atoms. The molecular weight excluding hydrogens is 378 g/mol. The van der Waals surface area contributed by atoms with Crippen LogP contribution in [0.25, 0.3) is 0 Å². The molecule has 29 heavy (non-hydrogen) atoms. The van der Waals surface area contributed by atoms with Crippen LogP contribution in [0.1, 0.15) is 62.9 Å². The molecule has 0 spiro atoms. The van der Waals surface area contributed by atoms with Crippen LogP contribution in [0, 0.1) is 11.2 Å². The van der Waals surface area contributed by atoms with Crippen molar-refractivity contribution in [1.29, 1.82) is 5.41 Å². The van der Waals surface area contributed by atoms with Crippen molar-refractivity contribution in [3.05, 3.63) is 23.0 Å². The number of hydrogen-bond donors (Lipinski definition) is 2. The van der Waals surface area contributed by atoms with Crippen LogP contribution in [0.2, 0.25) is 0 Å². The molecule has 1 unspecified atom stereocenters. The molecule has 1 aromatic rings. The maximum Gasteiger partial charge on any atom is 0.497 e. The monoisotopic (exact) mass is 406 g/mol. The lowest BCUT2D eigenvalue weighted by Crippen LogP contribution is -2.41. The van der Waals surface area contributed by atoms with Crippen LogP contribution in [0.4, 0.5) is 10.1 Å². The molecule has 0 aromatic heterocycles. The average Bonchev–Trinajstić information content (AvgIpc) is 2.89. The Kier molecular flexibility index (Phi) is 6.03. The third-order valence-corrected chi connectivity index (χ3v) is 5.87. The van der Waals surface area contributed by atoms with E-state index < -0.39 is 30.1 Å². The van der Waals surface area contributed by atoms with Crippen LogP contribution in [-0.2, 0) is 18.8 Å². The van der Waals surface area contributed by atoms with Gasteiger partial charge in [0.25, 0.3) is 0 Å². The zero-order valence-corrected chi connectivity index (χ0v) is 17.6. The zero-order chi connectivity index (χ0) is 21.4. The first kappa shape index (κ1) is 21.7. The first-order chi connectivity index (χ1) is 13.6. The van der Waals surface area contributed by atoms with E-state index in [2.05, 4.69) is 5.32 Å². The largest absolute Gasteiger partial charge is 0.497 e. The van der Waals surface area contributed by atoms with Crippen molar-refractivity contribution in [1.82, 2.24) is 0 Å². The first-order valence-corrected chi connectivity index (χ1v) is 9.80. The molecule has 7 nitrogen and oxygen atoms in total. The van der Waals surface area contributed by atoms with E-state index in [0.717, 1.165) is 25.5 Å². The molecule has 0 aliphatic carbocycles. The van der Waals surface area contributed by atoms with Crippen LogP contribution in [0.5, 0.6) is 0 Å². The van der Waals surface area contributed by atoms with Gasteiger partial charge in [-0.2, -0.15) is 0 Å². The zero-order valence-electron chi connectivity index (χ0n) is 17.6. The molecule has 2 aliphatic rings. The predicted octanol–water partition coefficient (Wildman–Crippen LogP) is 2.85. The third kappa shape index (κ3) is 4.04. The van der Waals surface area contributed by atoms with Crippen LogP contribution in [0.3, 0.4) is 0 Å². The summed E-state index contributed by atoms with van der Waals surface area (Å²) in [5.74, 6) is -1.68. The normalized spacial score (nSPS) is 23.0. The van der Waals surface area contributed by atoms with E-state index in [1.54, 1.807) is 0 Å². The molecule has 2 N–H and O–H groups in total. The van der Waals surface area contributed by atoms with Crippen molar-refractivity contribution >= 4 is 30.5 Å². The van der Waals surface area contributed by atoms with Crippen molar-refractivity contribution in [2.24, 2.45) is 0 Å². The standard InChI is InChI=1S/C20H28BFN2O5/c1-19(2)20(3,4)29-21(28-19)13-10-14(24-15-8-6-7-9-27-15)12(11-23)16(17(13)22)18(25)26-5/h10-11,15,23-24H,6-9H2,1-5H3. The maximum atomic E-state index is 15.4. The molecule has 0 radical (unpaired) electrons. The molecule has 2 fully saturated rings. The van der Waals surface area contributed by atoms with Crippen molar-refractivity contribution in [3.63, 3.8) is 0 Å². The molecule has 0 amide bonds. The van der Waals surface area contributed by atoms with Crippen molar-refractivity contribution in [2.75, 3.05) is 19.0 Å². The van der Waals surface area contributed by atoms with Crippen LogP contribution < -0.4 is 10.8 Å². The topological polar surface area (TPSA) is 89.9 Å². The highest BCUT2D eigenvalue weighted by Crippen LogP contribution is 2.37. The Hall–Kier alpha value is -1.97. The van der Waals surface area contributed by atoms with Crippen molar-refractivity contribution in [2.45, 2.75) is 64.4 Å². The molecule has 1 aromatic carbocycles. The van der Waals surface area contributed by atoms with E-state index in [9.17, 15) is 4.79 Å². The minimum atomic E-state index is -1.00. The van der Waals surface area contributed by atoms with Gasteiger partial charge in [-0.25, -0.2) is 9.18 Å². The molecule has 1 atom stereocenters. The van der Waals surface area contributed by atoms with Gasteiger partial charge in [-0.1, -0.05) is 0 Å².